The number of hydrogen-bond donors (Lipinski definition) is 2. The van der Waals surface area contributed by atoms with Crippen LogP contribution in [0.1, 0.15) is 11.1 Å². The van der Waals surface area contributed by atoms with Crippen molar-refractivity contribution in [1.29, 1.82) is 0 Å². The molecule has 0 spiro atoms. The highest BCUT2D eigenvalue weighted by Gasteiger charge is 2.14. The lowest BCUT2D eigenvalue weighted by Crippen LogP contribution is -2.17. The Balaban J connectivity index is 1.53. The first-order valence-corrected chi connectivity index (χ1v) is 10.4. The van der Waals surface area contributed by atoms with E-state index in [1.54, 1.807) is 17.4 Å². The SMILES string of the molecule is Cc1ccc(NC(=O)CSc2n[nH]c(=O)c3cc(-c4cccs4)nn23)cc1C. The van der Waals surface area contributed by atoms with Crippen LogP contribution in [0.25, 0.3) is 16.1 Å². The summed E-state index contributed by atoms with van der Waals surface area (Å²) < 4.78 is 1.49. The molecular weight excluding hydrogens is 394 g/mol. The third-order valence-corrected chi connectivity index (χ3v) is 6.09. The summed E-state index contributed by atoms with van der Waals surface area (Å²) in [5.74, 6) is -0.00466. The normalized spacial score (nSPS) is 11.1. The van der Waals surface area contributed by atoms with E-state index >= 15 is 0 Å². The molecule has 0 fully saturated rings. The van der Waals surface area contributed by atoms with Crippen LogP contribution < -0.4 is 10.9 Å². The van der Waals surface area contributed by atoms with Crippen molar-refractivity contribution in [3.8, 4) is 10.6 Å². The van der Waals surface area contributed by atoms with Gasteiger partial charge < -0.3 is 5.32 Å². The Hall–Kier alpha value is -2.91. The van der Waals surface area contributed by atoms with E-state index in [1.165, 1.54) is 21.8 Å². The number of hydrogen-bond acceptors (Lipinski definition) is 6. The lowest BCUT2D eigenvalue weighted by molar-refractivity contribution is -0.113. The van der Waals surface area contributed by atoms with Crippen LogP contribution in [0.5, 0.6) is 0 Å². The van der Waals surface area contributed by atoms with E-state index in [0.29, 0.717) is 16.4 Å². The highest BCUT2D eigenvalue weighted by molar-refractivity contribution is 7.99. The highest BCUT2D eigenvalue weighted by atomic mass is 32.2. The third-order valence-electron chi connectivity index (χ3n) is 4.27. The third kappa shape index (κ3) is 3.71. The first-order valence-electron chi connectivity index (χ1n) is 8.53. The maximum absolute atomic E-state index is 12.3. The van der Waals surface area contributed by atoms with Gasteiger partial charge in [-0.05, 0) is 54.6 Å². The summed E-state index contributed by atoms with van der Waals surface area (Å²) in [7, 11) is 0. The summed E-state index contributed by atoms with van der Waals surface area (Å²) in [6, 6.07) is 11.4. The minimum atomic E-state index is -0.320. The minimum Gasteiger partial charge on any atom is -0.325 e. The standard InChI is InChI=1S/C19H17N5O2S2/c1-11-5-6-13(8-12(11)2)20-17(25)10-28-19-22-21-18(26)15-9-14(23-24(15)19)16-4-3-7-27-16/h3-9H,10H2,1-2H3,(H,20,25)(H,21,26). The molecule has 0 saturated carbocycles. The lowest BCUT2D eigenvalue weighted by atomic mass is 10.1. The summed E-state index contributed by atoms with van der Waals surface area (Å²) >= 11 is 2.76. The zero-order valence-electron chi connectivity index (χ0n) is 15.2. The second-order valence-corrected chi connectivity index (χ2v) is 8.17. The molecule has 0 radical (unpaired) electrons. The predicted molar refractivity (Wildman–Crippen MR) is 112 cm³/mol. The van der Waals surface area contributed by atoms with Crippen LogP contribution in [-0.4, -0.2) is 31.5 Å². The number of nitrogens with zero attached hydrogens (tertiary/aromatic N) is 3. The number of carbonyl (C=O) groups excluding carboxylic acids is 1. The van der Waals surface area contributed by atoms with Crippen LogP contribution in [0.2, 0.25) is 0 Å². The molecule has 0 aliphatic rings. The molecule has 7 nitrogen and oxygen atoms in total. The van der Waals surface area contributed by atoms with Gasteiger partial charge in [0.2, 0.25) is 11.1 Å². The van der Waals surface area contributed by atoms with Gasteiger partial charge in [0, 0.05) is 5.69 Å². The van der Waals surface area contributed by atoms with E-state index in [1.807, 2.05) is 49.6 Å². The number of thiophene rings is 1. The van der Waals surface area contributed by atoms with Crippen LogP contribution in [0.4, 0.5) is 5.69 Å². The maximum atomic E-state index is 12.3. The maximum Gasteiger partial charge on any atom is 0.290 e. The molecule has 9 heteroatoms. The van der Waals surface area contributed by atoms with Crippen molar-refractivity contribution in [3.05, 3.63) is 63.3 Å². The smallest absolute Gasteiger partial charge is 0.290 e. The molecule has 0 aliphatic heterocycles. The van der Waals surface area contributed by atoms with E-state index in [-0.39, 0.29) is 17.2 Å². The van der Waals surface area contributed by atoms with Gasteiger partial charge in [-0.25, -0.2) is 9.61 Å². The number of aromatic nitrogens is 4. The van der Waals surface area contributed by atoms with Gasteiger partial charge in [-0.2, -0.15) is 5.10 Å². The van der Waals surface area contributed by atoms with Gasteiger partial charge in [-0.1, -0.05) is 23.9 Å². The second kappa shape index (κ2) is 7.61. The van der Waals surface area contributed by atoms with Crippen LogP contribution in [0, 0.1) is 13.8 Å². The Morgan fingerprint density at radius 3 is 2.86 bits per heavy atom. The molecule has 2 N–H and O–H groups in total. The molecule has 1 aromatic carbocycles. The van der Waals surface area contributed by atoms with Crippen LogP contribution in [0.3, 0.4) is 0 Å². The Bertz CT molecular complexity index is 1210. The number of nitrogens with one attached hydrogen (secondary N) is 2. The van der Waals surface area contributed by atoms with Gasteiger partial charge in [-0.3, -0.25) is 9.59 Å². The topological polar surface area (TPSA) is 92.1 Å². The van der Waals surface area contributed by atoms with Gasteiger partial charge in [-0.15, -0.1) is 16.4 Å². The van der Waals surface area contributed by atoms with E-state index in [9.17, 15) is 9.59 Å². The fourth-order valence-electron chi connectivity index (χ4n) is 2.68. The van der Waals surface area contributed by atoms with Crippen molar-refractivity contribution >= 4 is 40.2 Å². The number of carbonyl (C=O) groups is 1. The lowest BCUT2D eigenvalue weighted by Gasteiger charge is -2.07. The molecule has 0 unspecified atom stereocenters. The first-order chi connectivity index (χ1) is 13.5. The first kappa shape index (κ1) is 18.5. The molecule has 4 rings (SSSR count). The Kier molecular flexibility index (Phi) is 5.01. The van der Waals surface area contributed by atoms with Crippen molar-refractivity contribution in [3.63, 3.8) is 0 Å². The summed E-state index contributed by atoms with van der Waals surface area (Å²) in [6.07, 6.45) is 0. The number of fused-ring (bicyclic) bond motifs is 1. The average Bonchev–Trinajstić information content (AvgIpc) is 3.34. The van der Waals surface area contributed by atoms with E-state index in [0.717, 1.165) is 16.1 Å². The quantitative estimate of drug-likeness (QED) is 0.491. The second-order valence-electron chi connectivity index (χ2n) is 6.28. The Morgan fingerprint density at radius 1 is 1.25 bits per heavy atom. The number of thioether (sulfide) groups is 1. The zero-order valence-corrected chi connectivity index (χ0v) is 16.9. The highest BCUT2D eigenvalue weighted by Crippen LogP contribution is 2.25. The fourth-order valence-corrected chi connectivity index (χ4v) is 4.06. The van der Waals surface area contributed by atoms with Gasteiger partial charge in [0.05, 0.1) is 10.6 Å². The molecule has 0 saturated heterocycles. The number of H-pyrrole nitrogens is 1. The summed E-state index contributed by atoms with van der Waals surface area (Å²) in [4.78, 5) is 25.4. The summed E-state index contributed by atoms with van der Waals surface area (Å²) in [6.45, 7) is 4.03. The van der Waals surface area contributed by atoms with Gasteiger partial charge >= 0.3 is 0 Å². The summed E-state index contributed by atoms with van der Waals surface area (Å²) in [5.41, 5.74) is 3.83. The number of anilines is 1. The molecule has 3 aromatic heterocycles. The van der Waals surface area contributed by atoms with Crippen LogP contribution >= 0.6 is 23.1 Å². The largest absolute Gasteiger partial charge is 0.325 e. The number of aromatic amines is 1. The van der Waals surface area contributed by atoms with Gasteiger partial charge in [0.25, 0.3) is 5.56 Å². The van der Waals surface area contributed by atoms with Crippen molar-refractivity contribution in [2.45, 2.75) is 19.0 Å². The van der Waals surface area contributed by atoms with Crippen LogP contribution in [0.15, 0.2) is 51.7 Å². The number of amides is 1. The molecule has 0 atom stereocenters. The molecule has 1 amide bonds. The predicted octanol–water partition coefficient (Wildman–Crippen LogP) is 3.49. The number of rotatable bonds is 5. The molecule has 4 aromatic rings. The Morgan fingerprint density at radius 2 is 2.11 bits per heavy atom. The van der Waals surface area contributed by atoms with Gasteiger partial charge in [0.15, 0.2) is 0 Å². The van der Waals surface area contributed by atoms with Crippen LogP contribution in [-0.2, 0) is 4.79 Å². The molecule has 142 valence electrons. The van der Waals surface area contributed by atoms with Gasteiger partial charge in [0.1, 0.15) is 11.2 Å². The Labute approximate surface area is 168 Å². The molecule has 0 bridgehead atoms. The van der Waals surface area contributed by atoms with E-state index in [2.05, 4.69) is 20.6 Å². The number of benzene rings is 1. The van der Waals surface area contributed by atoms with E-state index in [4.69, 9.17) is 0 Å². The average molecular weight is 412 g/mol. The molecule has 28 heavy (non-hydrogen) atoms. The fraction of sp³-hybridized carbons (Fsp3) is 0.158. The summed E-state index contributed by atoms with van der Waals surface area (Å²) in [5, 5.41) is 16.3. The zero-order chi connectivity index (χ0) is 19.7. The molecule has 3 heterocycles. The number of aryl methyl sites for hydroxylation is 2. The molecule has 0 aliphatic carbocycles. The van der Waals surface area contributed by atoms with E-state index < -0.39 is 0 Å². The van der Waals surface area contributed by atoms with Crippen molar-refractivity contribution < 1.29 is 4.79 Å². The van der Waals surface area contributed by atoms with Crippen molar-refractivity contribution in [2.24, 2.45) is 0 Å². The van der Waals surface area contributed by atoms with Crippen molar-refractivity contribution in [1.82, 2.24) is 19.8 Å². The monoisotopic (exact) mass is 411 g/mol. The minimum absolute atomic E-state index is 0.148. The molecular formula is C19H17N5O2S2. The van der Waals surface area contributed by atoms with Crippen molar-refractivity contribution in [2.75, 3.05) is 11.1 Å².